The van der Waals surface area contributed by atoms with Crippen molar-refractivity contribution in [3.05, 3.63) is 44.0 Å². The highest BCUT2D eigenvalue weighted by atomic mass is 35.5. The summed E-state index contributed by atoms with van der Waals surface area (Å²) >= 11 is 7.03. The molecule has 0 bridgehead atoms. The van der Waals surface area contributed by atoms with Crippen molar-refractivity contribution in [1.29, 1.82) is 0 Å². The van der Waals surface area contributed by atoms with Gasteiger partial charge in [-0.05, 0) is 31.5 Å². The molecule has 1 amide bonds. The second-order valence-electron chi connectivity index (χ2n) is 4.68. The summed E-state index contributed by atoms with van der Waals surface area (Å²) in [5.41, 5.74) is 7.67. The molecule has 2 aromatic rings. The lowest BCUT2D eigenvalue weighted by molar-refractivity contribution is -0.116. The summed E-state index contributed by atoms with van der Waals surface area (Å²) in [5, 5.41) is 5.06. The normalized spacial score (nSPS) is 10.6. The Morgan fingerprint density at radius 1 is 1.48 bits per heavy atom. The Morgan fingerprint density at radius 3 is 2.90 bits per heavy atom. The average Bonchev–Trinajstić information content (AvgIpc) is 2.74. The second-order valence-corrected chi connectivity index (χ2v) is 5.94. The van der Waals surface area contributed by atoms with Crippen molar-refractivity contribution in [2.45, 2.75) is 26.3 Å². The Balaban J connectivity index is 1.88. The topological polar surface area (TPSA) is 77.1 Å². The highest BCUT2D eigenvalue weighted by molar-refractivity contribution is 7.07. The number of hydrogen-bond acceptors (Lipinski definition) is 4. The standard InChI is InChI=1S/C14H16ClN3O2S/c1-9-8-21-14(20)18(9)6-2-3-13(19)17-12-7-10(15)4-5-11(12)16/h4-5,7-8H,2-3,6,16H2,1H3,(H,17,19). The minimum Gasteiger partial charge on any atom is -0.397 e. The maximum absolute atomic E-state index is 11.9. The molecule has 1 heterocycles. The number of aryl methyl sites for hydroxylation is 1. The zero-order valence-electron chi connectivity index (χ0n) is 11.6. The van der Waals surface area contributed by atoms with Crippen LogP contribution in [0, 0.1) is 6.92 Å². The Hall–Kier alpha value is -1.79. The smallest absolute Gasteiger partial charge is 0.307 e. The summed E-state index contributed by atoms with van der Waals surface area (Å²) in [4.78, 5) is 23.4. The minimum absolute atomic E-state index is 0.00648. The Labute approximate surface area is 131 Å². The molecule has 3 N–H and O–H groups in total. The summed E-state index contributed by atoms with van der Waals surface area (Å²) in [6.07, 6.45) is 0.900. The first-order valence-corrected chi connectivity index (χ1v) is 7.73. The Morgan fingerprint density at radius 2 is 2.24 bits per heavy atom. The van der Waals surface area contributed by atoms with Crippen LogP contribution < -0.4 is 15.9 Å². The molecule has 0 aliphatic rings. The average molecular weight is 326 g/mol. The van der Waals surface area contributed by atoms with Gasteiger partial charge in [0.15, 0.2) is 0 Å². The number of nitrogens with one attached hydrogen (secondary N) is 1. The highest BCUT2D eigenvalue weighted by Crippen LogP contribution is 2.23. The van der Waals surface area contributed by atoms with E-state index in [4.69, 9.17) is 17.3 Å². The number of carbonyl (C=O) groups is 1. The van der Waals surface area contributed by atoms with Gasteiger partial charge in [0, 0.05) is 29.1 Å². The van der Waals surface area contributed by atoms with E-state index in [1.54, 1.807) is 22.8 Å². The van der Waals surface area contributed by atoms with Crippen molar-refractivity contribution in [2.75, 3.05) is 11.1 Å². The number of aromatic nitrogens is 1. The molecule has 0 saturated heterocycles. The molecule has 1 aromatic heterocycles. The van der Waals surface area contributed by atoms with E-state index in [9.17, 15) is 9.59 Å². The molecule has 0 radical (unpaired) electrons. The number of carbonyl (C=O) groups excluding carboxylic acids is 1. The Bertz CT molecular complexity index is 708. The lowest BCUT2D eigenvalue weighted by Crippen LogP contribution is -2.17. The quantitative estimate of drug-likeness (QED) is 0.830. The van der Waals surface area contributed by atoms with Crippen molar-refractivity contribution in [1.82, 2.24) is 4.57 Å². The number of nitrogen functional groups attached to an aromatic ring is 1. The molecule has 2 rings (SSSR count). The van der Waals surface area contributed by atoms with Gasteiger partial charge in [-0.1, -0.05) is 22.9 Å². The molecule has 0 atom stereocenters. The van der Waals surface area contributed by atoms with Gasteiger partial charge in [0.25, 0.3) is 0 Å². The van der Waals surface area contributed by atoms with E-state index < -0.39 is 0 Å². The van der Waals surface area contributed by atoms with Crippen LogP contribution in [0.2, 0.25) is 5.02 Å². The molecule has 0 unspecified atom stereocenters. The van der Waals surface area contributed by atoms with Gasteiger partial charge in [0.05, 0.1) is 11.4 Å². The molecule has 0 fully saturated rings. The van der Waals surface area contributed by atoms with Crippen molar-refractivity contribution < 1.29 is 4.79 Å². The van der Waals surface area contributed by atoms with Gasteiger partial charge in [-0.2, -0.15) is 0 Å². The summed E-state index contributed by atoms with van der Waals surface area (Å²) in [7, 11) is 0. The van der Waals surface area contributed by atoms with Crippen LogP contribution >= 0.6 is 22.9 Å². The van der Waals surface area contributed by atoms with Gasteiger partial charge >= 0.3 is 4.87 Å². The third-order valence-electron chi connectivity index (χ3n) is 3.05. The third-order valence-corrected chi connectivity index (χ3v) is 4.17. The van der Waals surface area contributed by atoms with Crippen molar-refractivity contribution >= 4 is 40.2 Å². The molecular formula is C14H16ClN3O2S. The minimum atomic E-state index is -0.148. The van der Waals surface area contributed by atoms with Gasteiger partial charge in [0.1, 0.15) is 0 Å². The van der Waals surface area contributed by atoms with Gasteiger partial charge in [-0.3, -0.25) is 9.59 Å². The van der Waals surface area contributed by atoms with Gasteiger partial charge in [-0.15, -0.1) is 0 Å². The van der Waals surface area contributed by atoms with Crippen LogP contribution in [-0.4, -0.2) is 10.5 Å². The molecular weight excluding hydrogens is 310 g/mol. The lowest BCUT2D eigenvalue weighted by atomic mass is 10.2. The van der Waals surface area contributed by atoms with Gasteiger partial charge in [-0.25, -0.2) is 0 Å². The molecule has 0 saturated carbocycles. The van der Waals surface area contributed by atoms with Crippen molar-refractivity contribution in [3.8, 4) is 0 Å². The monoisotopic (exact) mass is 325 g/mol. The fourth-order valence-corrected chi connectivity index (χ4v) is 2.85. The SMILES string of the molecule is Cc1csc(=O)n1CCCC(=O)Nc1cc(Cl)ccc1N. The predicted molar refractivity (Wildman–Crippen MR) is 87.0 cm³/mol. The van der Waals surface area contributed by atoms with Crippen molar-refractivity contribution in [2.24, 2.45) is 0 Å². The van der Waals surface area contributed by atoms with Crippen LogP contribution in [0.5, 0.6) is 0 Å². The summed E-state index contributed by atoms with van der Waals surface area (Å²) in [5.74, 6) is -0.148. The molecule has 5 nitrogen and oxygen atoms in total. The number of anilines is 2. The maximum Gasteiger partial charge on any atom is 0.307 e. The summed E-state index contributed by atoms with van der Waals surface area (Å²) < 4.78 is 1.67. The Kier molecular flexibility index (Phi) is 5.03. The van der Waals surface area contributed by atoms with Crippen LogP contribution in [0.25, 0.3) is 0 Å². The van der Waals surface area contributed by atoms with E-state index in [0.717, 1.165) is 5.69 Å². The van der Waals surface area contributed by atoms with Crippen molar-refractivity contribution in [3.63, 3.8) is 0 Å². The zero-order chi connectivity index (χ0) is 15.4. The van der Waals surface area contributed by atoms with E-state index in [1.807, 2.05) is 12.3 Å². The number of rotatable bonds is 5. The zero-order valence-corrected chi connectivity index (χ0v) is 13.1. The highest BCUT2D eigenvalue weighted by Gasteiger charge is 2.07. The van der Waals surface area contributed by atoms with E-state index in [2.05, 4.69) is 5.32 Å². The van der Waals surface area contributed by atoms with Crippen LogP contribution in [0.4, 0.5) is 11.4 Å². The van der Waals surface area contributed by atoms with Gasteiger partial charge < -0.3 is 15.6 Å². The fraction of sp³-hybridized carbons (Fsp3) is 0.286. The number of halogens is 1. The van der Waals surface area contributed by atoms with Crippen LogP contribution in [0.3, 0.4) is 0 Å². The number of nitrogens with zero attached hydrogens (tertiary/aromatic N) is 1. The molecule has 1 aromatic carbocycles. The van der Waals surface area contributed by atoms with E-state index >= 15 is 0 Å². The first kappa shape index (κ1) is 15.6. The van der Waals surface area contributed by atoms with Crippen LogP contribution in [0.15, 0.2) is 28.4 Å². The fourth-order valence-electron chi connectivity index (χ4n) is 1.92. The summed E-state index contributed by atoms with van der Waals surface area (Å²) in [6.45, 7) is 2.41. The molecule has 0 aliphatic carbocycles. The largest absolute Gasteiger partial charge is 0.397 e. The first-order chi connectivity index (χ1) is 9.97. The first-order valence-electron chi connectivity index (χ1n) is 6.47. The van der Waals surface area contributed by atoms with Gasteiger partial charge in [0.2, 0.25) is 5.91 Å². The molecule has 0 spiro atoms. The molecule has 21 heavy (non-hydrogen) atoms. The van der Waals surface area contributed by atoms with Crippen LogP contribution in [-0.2, 0) is 11.3 Å². The number of amides is 1. The third kappa shape index (κ3) is 4.09. The van der Waals surface area contributed by atoms with E-state index in [1.165, 1.54) is 11.3 Å². The number of thiazole rings is 1. The lowest BCUT2D eigenvalue weighted by Gasteiger charge is -2.09. The predicted octanol–water partition coefficient (Wildman–Crippen LogP) is 2.87. The second kappa shape index (κ2) is 6.78. The van der Waals surface area contributed by atoms with Crippen LogP contribution in [0.1, 0.15) is 18.5 Å². The summed E-state index contributed by atoms with van der Waals surface area (Å²) in [6, 6.07) is 4.92. The number of benzene rings is 1. The molecule has 112 valence electrons. The molecule has 7 heteroatoms. The number of hydrogen-bond donors (Lipinski definition) is 2. The number of nitrogens with two attached hydrogens (primary N) is 1. The van der Waals surface area contributed by atoms with E-state index in [0.29, 0.717) is 35.8 Å². The van der Waals surface area contributed by atoms with E-state index in [-0.39, 0.29) is 10.8 Å². The molecule has 0 aliphatic heterocycles. The maximum atomic E-state index is 11.9.